The number of amides is 1. The quantitative estimate of drug-likeness (QED) is 0.589. The molecule has 0 aliphatic carbocycles. The van der Waals surface area contributed by atoms with Gasteiger partial charge in [0.1, 0.15) is 0 Å². The summed E-state index contributed by atoms with van der Waals surface area (Å²) in [6, 6.07) is 0. The molecule has 0 fully saturated rings. The van der Waals surface area contributed by atoms with Crippen molar-refractivity contribution in [1.29, 1.82) is 0 Å². The summed E-state index contributed by atoms with van der Waals surface area (Å²) >= 11 is 0. The Hall–Kier alpha value is -1.31. The van der Waals surface area contributed by atoms with Gasteiger partial charge in [-0.25, -0.2) is 0 Å². The lowest BCUT2D eigenvalue weighted by atomic mass is 9.97. The number of hydrogen-bond donors (Lipinski definition) is 0. The number of carbonyl (C=O) groups is 1. The Labute approximate surface area is 106 Å². The zero-order chi connectivity index (χ0) is 13.1. The maximum Gasteiger partial charge on any atom is 0.225 e. The lowest BCUT2D eigenvalue weighted by Crippen LogP contribution is -2.29. The summed E-state index contributed by atoms with van der Waals surface area (Å²) in [4.78, 5) is 13.6. The topological polar surface area (TPSA) is 20.3 Å². The third-order valence-corrected chi connectivity index (χ3v) is 2.61. The van der Waals surface area contributed by atoms with Gasteiger partial charge in [-0.2, -0.15) is 0 Å². The Morgan fingerprint density at radius 1 is 1.29 bits per heavy atom. The van der Waals surface area contributed by atoms with Crippen molar-refractivity contribution in [2.24, 2.45) is 5.92 Å². The molecule has 0 bridgehead atoms. The first-order valence-corrected chi connectivity index (χ1v) is 6.28. The van der Waals surface area contributed by atoms with Crippen LogP contribution in [0.2, 0.25) is 0 Å². The molecular weight excluding hydrogens is 210 g/mol. The first-order valence-electron chi connectivity index (χ1n) is 6.28. The Kier molecular flexibility index (Phi) is 9.12. The van der Waals surface area contributed by atoms with Gasteiger partial charge in [-0.1, -0.05) is 56.7 Å². The lowest BCUT2D eigenvalue weighted by molar-refractivity contribution is -0.133. The van der Waals surface area contributed by atoms with Crippen molar-refractivity contribution in [3.05, 3.63) is 37.0 Å². The molecule has 0 saturated carbocycles. The smallest absolute Gasteiger partial charge is 0.225 e. The van der Waals surface area contributed by atoms with E-state index < -0.39 is 0 Å². The van der Waals surface area contributed by atoms with E-state index in [4.69, 9.17) is 0 Å². The van der Waals surface area contributed by atoms with Crippen LogP contribution in [0.1, 0.15) is 32.6 Å². The number of nitrogens with zero attached hydrogens (tertiary/aromatic N) is 1. The molecule has 0 aromatic rings. The van der Waals surface area contributed by atoms with Crippen molar-refractivity contribution < 1.29 is 4.79 Å². The third-order valence-electron chi connectivity index (χ3n) is 2.61. The molecule has 96 valence electrons. The van der Waals surface area contributed by atoms with Gasteiger partial charge in [-0.15, -0.1) is 0 Å². The van der Waals surface area contributed by atoms with Crippen LogP contribution in [-0.4, -0.2) is 24.9 Å². The minimum absolute atomic E-state index is 0.123. The van der Waals surface area contributed by atoms with Crippen LogP contribution in [0.5, 0.6) is 0 Å². The van der Waals surface area contributed by atoms with Crippen LogP contribution in [-0.2, 0) is 4.79 Å². The van der Waals surface area contributed by atoms with Crippen LogP contribution in [0.3, 0.4) is 0 Å². The molecule has 1 amide bonds. The Morgan fingerprint density at radius 2 is 2.00 bits per heavy atom. The molecule has 0 rings (SSSR count). The fourth-order valence-electron chi connectivity index (χ4n) is 1.62. The summed E-state index contributed by atoms with van der Waals surface area (Å²) in [5, 5.41) is 0. The van der Waals surface area contributed by atoms with E-state index in [1.54, 1.807) is 11.0 Å². The number of carbonyl (C=O) groups excluding carboxylic acids is 1. The standard InChI is InChI=1S/C15H25NO/c1-5-7-9-10-11-13-14(12-8-6-2)15(17)16(3)4/h5,7,9-11,14H,1,6,8,12-13H2,2-4H3/b9-7-,11-10-. The molecule has 2 nitrogen and oxygen atoms in total. The molecule has 1 atom stereocenters. The second kappa shape index (κ2) is 9.88. The highest BCUT2D eigenvalue weighted by molar-refractivity contribution is 5.78. The predicted octanol–water partition coefficient (Wildman–Crippen LogP) is 3.57. The molecule has 17 heavy (non-hydrogen) atoms. The largest absolute Gasteiger partial charge is 0.349 e. The first-order chi connectivity index (χ1) is 8.13. The summed E-state index contributed by atoms with van der Waals surface area (Å²) in [6.45, 7) is 5.76. The van der Waals surface area contributed by atoms with Gasteiger partial charge in [-0.05, 0) is 12.8 Å². The van der Waals surface area contributed by atoms with Gasteiger partial charge in [0.15, 0.2) is 0 Å². The van der Waals surface area contributed by atoms with Gasteiger partial charge in [0.25, 0.3) is 0 Å². The van der Waals surface area contributed by atoms with Crippen LogP contribution in [0, 0.1) is 5.92 Å². The number of unbranched alkanes of at least 4 members (excludes halogenated alkanes) is 1. The summed E-state index contributed by atoms with van der Waals surface area (Å²) in [5.41, 5.74) is 0. The average molecular weight is 235 g/mol. The van der Waals surface area contributed by atoms with Gasteiger partial charge in [-0.3, -0.25) is 4.79 Å². The van der Waals surface area contributed by atoms with Gasteiger partial charge >= 0.3 is 0 Å². The summed E-state index contributed by atoms with van der Waals surface area (Å²) in [6.07, 6.45) is 13.6. The molecule has 0 N–H and O–H groups in total. The van der Waals surface area contributed by atoms with Gasteiger partial charge in [0.05, 0.1) is 0 Å². The van der Waals surface area contributed by atoms with Gasteiger partial charge in [0, 0.05) is 20.0 Å². The summed E-state index contributed by atoms with van der Waals surface area (Å²) in [5.74, 6) is 0.356. The number of allylic oxidation sites excluding steroid dienone is 5. The maximum atomic E-state index is 11.9. The van der Waals surface area contributed by atoms with Crippen LogP contribution in [0.15, 0.2) is 37.0 Å². The minimum Gasteiger partial charge on any atom is -0.349 e. The fourth-order valence-corrected chi connectivity index (χ4v) is 1.62. The van der Waals surface area contributed by atoms with Gasteiger partial charge in [0.2, 0.25) is 5.91 Å². The monoisotopic (exact) mass is 235 g/mol. The van der Waals surface area contributed by atoms with E-state index in [1.807, 2.05) is 32.3 Å². The molecule has 0 heterocycles. The first kappa shape index (κ1) is 15.7. The number of hydrogen-bond acceptors (Lipinski definition) is 1. The molecule has 0 spiro atoms. The summed E-state index contributed by atoms with van der Waals surface area (Å²) in [7, 11) is 3.64. The predicted molar refractivity (Wildman–Crippen MR) is 74.8 cm³/mol. The van der Waals surface area contributed by atoms with Crippen molar-refractivity contribution in [1.82, 2.24) is 4.90 Å². The SMILES string of the molecule is C=C/C=C\C=C/CC(CCCC)C(=O)N(C)C. The zero-order valence-corrected chi connectivity index (χ0v) is 11.4. The molecule has 0 aromatic carbocycles. The second-order valence-electron chi connectivity index (χ2n) is 4.36. The Bertz CT molecular complexity index is 277. The van der Waals surface area contributed by atoms with E-state index in [1.165, 1.54) is 0 Å². The maximum absolute atomic E-state index is 11.9. The fraction of sp³-hybridized carbons (Fsp3) is 0.533. The second-order valence-corrected chi connectivity index (χ2v) is 4.36. The lowest BCUT2D eigenvalue weighted by Gasteiger charge is -2.19. The van der Waals surface area contributed by atoms with E-state index in [0.717, 1.165) is 25.7 Å². The van der Waals surface area contributed by atoms with Crippen LogP contribution in [0.4, 0.5) is 0 Å². The van der Waals surface area contributed by atoms with Crippen molar-refractivity contribution in [2.45, 2.75) is 32.6 Å². The molecule has 0 aliphatic heterocycles. The van der Waals surface area contributed by atoms with Crippen LogP contribution in [0.25, 0.3) is 0 Å². The van der Waals surface area contributed by atoms with Crippen molar-refractivity contribution in [2.75, 3.05) is 14.1 Å². The highest BCUT2D eigenvalue weighted by atomic mass is 16.2. The van der Waals surface area contributed by atoms with Crippen LogP contribution < -0.4 is 0 Å². The molecule has 0 saturated heterocycles. The normalized spacial score (nSPS) is 13.1. The highest BCUT2D eigenvalue weighted by Crippen LogP contribution is 2.15. The van der Waals surface area contributed by atoms with Crippen LogP contribution >= 0.6 is 0 Å². The van der Waals surface area contributed by atoms with E-state index in [9.17, 15) is 4.79 Å². The average Bonchev–Trinajstić information content (AvgIpc) is 2.31. The molecule has 2 heteroatoms. The number of rotatable bonds is 8. The van der Waals surface area contributed by atoms with E-state index >= 15 is 0 Å². The highest BCUT2D eigenvalue weighted by Gasteiger charge is 2.17. The molecule has 1 unspecified atom stereocenters. The molecule has 0 aliphatic rings. The molecule has 0 radical (unpaired) electrons. The zero-order valence-electron chi connectivity index (χ0n) is 11.4. The summed E-state index contributed by atoms with van der Waals surface area (Å²) < 4.78 is 0. The molecular formula is C15H25NO. The van der Waals surface area contributed by atoms with E-state index in [-0.39, 0.29) is 11.8 Å². The van der Waals surface area contributed by atoms with E-state index in [2.05, 4.69) is 19.6 Å². The van der Waals surface area contributed by atoms with Crippen molar-refractivity contribution in [3.63, 3.8) is 0 Å². The van der Waals surface area contributed by atoms with Crippen molar-refractivity contribution in [3.8, 4) is 0 Å². The minimum atomic E-state index is 0.123. The Morgan fingerprint density at radius 3 is 2.53 bits per heavy atom. The Balaban J connectivity index is 4.28. The van der Waals surface area contributed by atoms with E-state index in [0.29, 0.717) is 0 Å². The third kappa shape index (κ3) is 7.56. The van der Waals surface area contributed by atoms with Gasteiger partial charge < -0.3 is 4.90 Å². The molecule has 0 aromatic heterocycles. The van der Waals surface area contributed by atoms with Crippen molar-refractivity contribution >= 4 is 5.91 Å².